The molecule has 11 heteroatoms. The van der Waals surface area contributed by atoms with Crippen LogP contribution in [0.25, 0.3) is 22.3 Å². The summed E-state index contributed by atoms with van der Waals surface area (Å²) in [5, 5.41) is 13.0. The van der Waals surface area contributed by atoms with Gasteiger partial charge in [-0.1, -0.05) is 84.9 Å². The fourth-order valence-electron chi connectivity index (χ4n) is 8.70. The fraction of sp³-hybridized carbons (Fsp3) is 0.296. The van der Waals surface area contributed by atoms with Crippen molar-refractivity contribution < 1.29 is 33.6 Å². The minimum atomic E-state index is -0.0954. The Balaban J connectivity index is 0.000000195. The molecule has 2 amide bonds. The van der Waals surface area contributed by atoms with Crippen molar-refractivity contribution in [1.82, 2.24) is 10.2 Å². The van der Waals surface area contributed by atoms with Gasteiger partial charge in [-0.15, -0.1) is 0 Å². The molecule has 65 heavy (non-hydrogen) atoms. The Hall–Kier alpha value is -6.66. The number of benzene rings is 6. The number of carbonyl (C=O) groups excluding carboxylic acids is 2. The van der Waals surface area contributed by atoms with E-state index in [4.69, 9.17) is 18.9 Å². The number of rotatable bonds is 16. The van der Waals surface area contributed by atoms with Crippen LogP contribution >= 0.6 is 0 Å². The molecule has 2 aliphatic heterocycles. The van der Waals surface area contributed by atoms with E-state index in [0.29, 0.717) is 53.8 Å². The molecule has 0 unspecified atom stereocenters. The minimum absolute atomic E-state index is 0.0557. The molecule has 2 saturated heterocycles. The molecule has 6 aromatic rings. The van der Waals surface area contributed by atoms with Crippen molar-refractivity contribution in [3.05, 3.63) is 157 Å². The predicted molar refractivity (Wildman–Crippen MR) is 259 cm³/mol. The summed E-state index contributed by atoms with van der Waals surface area (Å²) in [6.07, 6.45) is 4.25. The number of methoxy groups -OCH3 is 4. The number of amides is 2. The van der Waals surface area contributed by atoms with Gasteiger partial charge < -0.3 is 39.2 Å². The average Bonchev–Trinajstić information content (AvgIpc) is 4.07. The Morgan fingerprint density at radius 3 is 1.52 bits per heavy atom. The van der Waals surface area contributed by atoms with Gasteiger partial charge in [-0.25, -0.2) is 0 Å². The van der Waals surface area contributed by atoms with Gasteiger partial charge in [0.05, 0.1) is 35.0 Å². The van der Waals surface area contributed by atoms with Crippen molar-refractivity contribution in [3.63, 3.8) is 0 Å². The Labute approximate surface area is 383 Å². The zero-order chi connectivity index (χ0) is 45.5. The molecule has 0 radical (unpaired) electrons. The number of carbonyl (C=O) groups is 2. The highest BCUT2D eigenvalue weighted by Crippen LogP contribution is 2.33. The van der Waals surface area contributed by atoms with E-state index in [2.05, 4.69) is 58.7 Å². The molecular formula is C54H60N4O7. The van der Waals surface area contributed by atoms with Gasteiger partial charge in [0.25, 0.3) is 11.8 Å². The summed E-state index contributed by atoms with van der Waals surface area (Å²) in [6, 6.07) is 47.7. The molecule has 11 nitrogen and oxygen atoms in total. The summed E-state index contributed by atoms with van der Waals surface area (Å²) >= 11 is 0. The Morgan fingerprint density at radius 1 is 0.569 bits per heavy atom. The zero-order valence-corrected chi connectivity index (χ0v) is 37.8. The van der Waals surface area contributed by atoms with Gasteiger partial charge >= 0.3 is 0 Å². The van der Waals surface area contributed by atoms with E-state index in [-0.39, 0.29) is 30.5 Å². The van der Waals surface area contributed by atoms with Crippen molar-refractivity contribution in [1.29, 1.82) is 0 Å². The molecule has 2 heterocycles. The second-order valence-corrected chi connectivity index (χ2v) is 16.2. The van der Waals surface area contributed by atoms with E-state index in [1.165, 1.54) is 0 Å². The van der Waals surface area contributed by atoms with Crippen LogP contribution < -0.4 is 34.1 Å². The number of nitrogens with one attached hydrogen (secondary N) is 1. The molecule has 0 spiro atoms. The largest absolute Gasteiger partial charge is 0.493 e. The van der Waals surface area contributed by atoms with Crippen molar-refractivity contribution in [2.45, 2.75) is 37.8 Å². The summed E-state index contributed by atoms with van der Waals surface area (Å²) in [6.45, 7) is 3.83. The summed E-state index contributed by atoms with van der Waals surface area (Å²) in [4.78, 5) is 33.5. The molecule has 2 N–H and O–H groups in total. The van der Waals surface area contributed by atoms with Gasteiger partial charge in [-0.3, -0.25) is 14.5 Å². The zero-order valence-electron chi connectivity index (χ0n) is 37.8. The second-order valence-electron chi connectivity index (χ2n) is 16.2. The third-order valence-corrected chi connectivity index (χ3v) is 12.1. The molecule has 2 aliphatic rings. The van der Waals surface area contributed by atoms with Gasteiger partial charge in [-0.2, -0.15) is 0 Å². The van der Waals surface area contributed by atoms with Crippen molar-refractivity contribution in [3.8, 4) is 45.3 Å². The maximum atomic E-state index is 13.9. The standard InChI is InChI=1S/C28H32N2O4.C26H28N2O3/c1-33-26-14-13-23(19-27(26)34-2)28(32)30(20-25-12-7-15-29(25)16-17-31)24-11-6-10-22(18-24)21-8-4-3-5-9-21;1-30-24-14-13-21(17-25(24)31-2)26(29)28(18-22-11-7-15-27-22)23-12-6-10-20(16-23)19-8-4-3-5-9-19/h3-6,8-11,13-14,18-19,25,31H,7,12,15-17,20H2,1-2H3;3-6,8-10,12-14,16-17,22,27H,7,11,15,18H2,1-2H3/t25-;22-/m00/s1. The first-order valence-corrected chi connectivity index (χ1v) is 22.3. The third kappa shape index (κ3) is 11.5. The van der Waals surface area contributed by atoms with Gasteiger partial charge in [0.2, 0.25) is 0 Å². The van der Waals surface area contributed by atoms with Gasteiger partial charge in [0, 0.05) is 54.2 Å². The number of β-amino-alcohol motifs (C(OH)–C–C–N with tert-alkyl or cyclic N) is 1. The van der Waals surface area contributed by atoms with Crippen LogP contribution in [0.15, 0.2) is 146 Å². The summed E-state index contributed by atoms with van der Waals surface area (Å²) < 4.78 is 21.5. The van der Waals surface area contributed by atoms with Gasteiger partial charge in [-0.05, 0) is 122 Å². The SMILES string of the molecule is COc1ccc(C(=O)N(C[C@@H]2CCCN2)c2cccc(-c3ccccc3)c2)cc1OC.COc1ccc(C(=O)N(C[C@@H]2CCCN2CCO)c2cccc(-c3ccccc3)c2)cc1OC. The lowest BCUT2D eigenvalue weighted by Gasteiger charge is -2.31. The van der Waals surface area contributed by atoms with E-state index in [0.717, 1.165) is 72.4 Å². The van der Waals surface area contributed by atoms with E-state index in [1.54, 1.807) is 64.8 Å². The van der Waals surface area contributed by atoms with Gasteiger partial charge in [0.1, 0.15) is 0 Å². The number of hydrogen-bond acceptors (Lipinski definition) is 9. The summed E-state index contributed by atoms with van der Waals surface area (Å²) in [7, 11) is 6.32. The number of hydrogen-bond donors (Lipinski definition) is 2. The molecular weight excluding hydrogens is 817 g/mol. The summed E-state index contributed by atoms with van der Waals surface area (Å²) in [5.74, 6) is 2.11. The number of aliphatic hydroxyl groups excluding tert-OH is 1. The van der Waals surface area contributed by atoms with Crippen LogP contribution in [0.2, 0.25) is 0 Å². The molecule has 8 rings (SSSR count). The van der Waals surface area contributed by atoms with Crippen LogP contribution in [-0.2, 0) is 0 Å². The smallest absolute Gasteiger partial charge is 0.258 e. The van der Waals surface area contributed by atoms with Crippen LogP contribution in [0.5, 0.6) is 23.0 Å². The van der Waals surface area contributed by atoms with Crippen molar-refractivity contribution in [2.75, 3.05) is 77.6 Å². The van der Waals surface area contributed by atoms with Crippen LogP contribution in [0.3, 0.4) is 0 Å². The molecule has 2 fully saturated rings. The number of nitrogens with zero attached hydrogens (tertiary/aromatic N) is 3. The highest BCUT2D eigenvalue weighted by atomic mass is 16.5. The second kappa shape index (κ2) is 22.8. The maximum absolute atomic E-state index is 13.9. The van der Waals surface area contributed by atoms with Crippen LogP contribution in [0.4, 0.5) is 11.4 Å². The lowest BCUT2D eigenvalue weighted by molar-refractivity contribution is 0.0971. The lowest BCUT2D eigenvalue weighted by Crippen LogP contribution is -2.44. The van der Waals surface area contributed by atoms with Crippen LogP contribution in [0, 0.1) is 0 Å². The van der Waals surface area contributed by atoms with Crippen LogP contribution in [0.1, 0.15) is 46.4 Å². The van der Waals surface area contributed by atoms with Crippen LogP contribution in [-0.4, -0.2) is 102 Å². The van der Waals surface area contributed by atoms with Gasteiger partial charge in [0.15, 0.2) is 23.0 Å². The Morgan fingerprint density at radius 2 is 1.06 bits per heavy atom. The monoisotopic (exact) mass is 876 g/mol. The summed E-state index contributed by atoms with van der Waals surface area (Å²) in [5.41, 5.74) is 7.21. The molecule has 338 valence electrons. The van der Waals surface area contributed by atoms with E-state index < -0.39 is 0 Å². The minimum Gasteiger partial charge on any atom is -0.493 e. The molecule has 0 aliphatic carbocycles. The molecule has 0 saturated carbocycles. The Bertz CT molecular complexity index is 2480. The number of aliphatic hydroxyl groups is 1. The number of ether oxygens (including phenoxy) is 4. The quantitative estimate of drug-likeness (QED) is 0.0983. The predicted octanol–water partition coefficient (Wildman–Crippen LogP) is 9.24. The third-order valence-electron chi connectivity index (χ3n) is 12.1. The Kier molecular flexibility index (Phi) is 16.3. The maximum Gasteiger partial charge on any atom is 0.258 e. The fourth-order valence-corrected chi connectivity index (χ4v) is 8.70. The topological polar surface area (TPSA) is 113 Å². The molecule has 2 atom stereocenters. The highest BCUT2D eigenvalue weighted by Gasteiger charge is 2.30. The molecule has 0 aromatic heterocycles. The van der Waals surface area contributed by atoms with E-state index >= 15 is 0 Å². The first kappa shape index (κ1) is 46.3. The van der Waals surface area contributed by atoms with E-state index in [9.17, 15) is 14.7 Å². The first-order chi connectivity index (χ1) is 31.8. The lowest BCUT2D eigenvalue weighted by atomic mass is 10.0. The highest BCUT2D eigenvalue weighted by molar-refractivity contribution is 6.07. The van der Waals surface area contributed by atoms with Crippen molar-refractivity contribution >= 4 is 23.2 Å². The normalized spacial score (nSPS) is 15.6. The number of anilines is 2. The molecule has 6 aromatic carbocycles. The van der Waals surface area contributed by atoms with Crippen molar-refractivity contribution in [2.24, 2.45) is 0 Å². The number of likely N-dealkylation sites (tertiary alicyclic amines) is 1. The van der Waals surface area contributed by atoms with E-state index in [1.807, 2.05) is 70.5 Å². The first-order valence-electron chi connectivity index (χ1n) is 22.3. The average molecular weight is 877 g/mol. The molecule has 0 bridgehead atoms.